The molecule has 1 aromatic heterocycles. The summed E-state index contributed by atoms with van der Waals surface area (Å²) in [6.45, 7) is 0.638. The van der Waals surface area contributed by atoms with E-state index in [1.54, 1.807) is 18.4 Å². The average Bonchev–Trinajstić information content (AvgIpc) is 2.87. The van der Waals surface area contributed by atoms with Gasteiger partial charge in [-0.05, 0) is 12.1 Å². The highest BCUT2D eigenvalue weighted by Crippen LogP contribution is 1.99. The molecular weight excluding hydrogens is 252 g/mol. The number of rotatable bonds is 8. The Bertz CT molecular complexity index is 391. The lowest BCUT2D eigenvalue weighted by Crippen LogP contribution is -2.46. The van der Waals surface area contributed by atoms with Crippen LogP contribution in [0.5, 0.6) is 0 Å². The first kappa shape index (κ1) is 15.0. The fourth-order valence-electron chi connectivity index (χ4n) is 1.46. The number of carboxylic acid groups (broad SMARTS) is 1. The summed E-state index contributed by atoms with van der Waals surface area (Å²) in [5.41, 5.74) is 0. The predicted molar refractivity (Wildman–Crippen MR) is 66.9 cm³/mol. The number of aliphatic carboxylic acids is 1. The number of methoxy groups -OCH3 is 1. The molecule has 1 aromatic rings. The van der Waals surface area contributed by atoms with Crippen molar-refractivity contribution >= 4 is 12.0 Å². The lowest BCUT2D eigenvalue weighted by Gasteiger charge is -2.14. The van der Waals surface area contributed by atoms with Crippen LogP contribution >= 0.6 is 0 Å². The van der Waals surface area contributed by atoms with Gasteiger partial charge in [-0.2, -0.15) is 0 Å². The molecule has 7 nitrogen and oxygen atoms in total. The van der Waals surface area contributed by atoms with Gasteiger partial charge in [-0.15, -0.1) is 0 Å². The van der Waals surface area contributed by atoms with Crippen LogP contribution in [-0.2, 0) is 16.0 Å². The van der Waals surface area contributed by atoms with E-state index in [0.717, 1.165) is 5.76 Å². The lowest BCUT2D eigenvalue weighted by molar-refractivity contribution is -0.139. The monoisotopic (exact) mass is 270 g/mol. The second kappa shape index (κ2) is 8.15. The van der Waals surface area contributed by atoms with Crippen molar-refractivity contribution in [3.05, 3.63) is 24.2 Å². The van der Waals surface area contributed by atoms with E-state index in [2.05, 4.69) is 10.6 Å². The van der Waals surface area contributed by atoms with Crippen molar-refractivity contribution in [3.63, 3.8) is 0 Å². The van der Waals surface area contributed by atoms with E-state index in [1.165, 1.54) is 7.11 Å². The van der Waals surface area contributed by atoms with Gasteiger partial charge < -0.3 is 24.9 Å². The van der Waals surface area contributed by atoms with E-state index in [-0.39, 0.29) is 13.0 Å². The summed E-state index contributed by atoms with van der Waals surface area (Å²) in [5, 5.41) is 13.9. The average molecular weight is 270 g/mol. The number of carbonyl (C=O) groups is 2. The molecule has 2 amide bonds. The fraction of sp³-hybridized carbons (Fsp3) is 0.500. The molecule has 1 unspecified atom stereocenters. The number of hydrogen-bond acceptors (Lipinski definition) is 4. The van der Waals surface area contributed by atoms with Crippen LogP contribution in [0.4, 0.5) is 4.79 Å². The molecule has 1 rings (SSSR count). The summed E-state index contributed by atoms with van der Waals surface area (Å²) < 4.78 is 9.89. The number of carboxylic acids is 1. The van der Waals surface area contributed by atoms with Crippen molar-refractivity contribution in [2.45, 2.75) is 18.9 Å². The topological polar surface area (TPSA) is 101 Å². The molecule has 0 aromatic carbocycles. The minimum absolute atomic E-state index is 0.220. The molecule has 0 aliphatic carbocycles. The highest BCUT2D eigenvalue weighted by Gasteiger charge is 2.19. The van der Waals surface area contributed by atoms with Crippen molar-refractivity contribution in [1.29, 1.82) is 0 Å². The smallest absolute Gasteiger partial charge is 0.326 e. The molecule has 0 bridgehead atoms. The van der Waals surface area contributed by atoms with Gasteiger partial charge in [0.1, 0.15) is 11.8 Å². The van der Waals surface area contributed by atoms with Crippen LogP contribution in [0.15, 0.2) is 22.8 Å². The summed E-state index contributed by atoms with van der Waals surface area (Å²) >= 11 is 0. The summed E-state index contributed by atoms with van der Waals surface area (Å²) in [5.74, 6) is -0.326. The van der Waals surface area contributed by atoms with E-state index >= 15 is 0 Å². The third kappa shape index (κ3) is 5.91. The van der Waals surface area contributed by atoms with Crippen LogP contribution in [0.25, 0.3) is 0 Å². The first-order chi connectivity index (χ1) is 9.13. The standard InChI is InChI=1S/C12H18N2O5/c1-18-8-5-10(11(15)16)14-12(17)13-6-4-9-3-2-7-19-9/h2-3,7,10H,4-6,8H2,1H3,(H,15,16)(H2,13,14,17). The molecule has 0 aliphatic heterocycles. The van der Waals surface area contributed by atoms with E-state index in [1.807, 2.05) is 0 Å². The Hall–Kier alpha value is -2.02. The first-order valence-corrected chi connectivity index (χ1v) is 5.92. The minimum atomic E-state index is -1.08. The Labute approximate surface area is 110 Å². The Morgan fingerprint density at radius 3 is 2.89 bits per heavy atom. The van der Waals surface area contributed by atoms with Gasteiger partial charge in [-0.3, -0.25) is 0 Å². The Morgan fingerprint density at radius 2 is 2.32 bits per heavy atom. The second-order valence-electron chi connectivity index (χ2n) is 3.90. The van der Waals surface area contributed by atoms with Crippen LogP contribution in [0.3, 0.4) is 0 Å². The Balaban J connectivity index is 2.25. The zero-order valence-electron chi connectivity index (χ0n) is 10.7. The molecular formula is C12H18N2O5. The molecule has 7 heteroatoms. The van der Waals surface area contributed by atoms with E-state index in [0.29, 0.717) is 13.0 Å². The zero-order chi connectivity index (χ0) is 14.1. The largest absolute Gasteiger partial charge is 0.480 e. The highest BCUT2D eigenvalue weighted by molar-refractivity contribution is 5.82. The highest BCUT2D eigenvalue weighted by atomic mass is 16.5. The van der Waals surface area contributed by atoms with Gasteiger partial charge in [-0.1, -0.05) is 0 Å². The quantitative estimate of drug-likeness (QED) is 0.642. The SMILES string of the molecule is COCCC(NC(=O)NCCc1ccco1)C(=O)O. The molecule has 19 heavy (non-hydrogen) atoms. The first-order valence-electron chi connectivity index (χ1n) is 5.92. The van der Waals surface area contributed by atoms with Gasteiger partial charge in [0, 0.05) is 33.1 Å². The summed E-state index contributed by atoms with van der Waals surface area (Å²) in [7, 11) is 1.47. The molecule has 0 radical (unpaired) electrons. The summed E-state index contributed by atoms with van der Waals surface area (Å²) in [4.78, 5) is 22.4. The van der Waals surface area contributed by atoms with Crippen LogP contribution in [-0.4, -0.2) is 43.4 Å². The summed E-state index contributed by atoms with van der Waals surface area (Å²) in [6.07, 6.45) is 2.33. The fourth-order valence-corrected chi connectivity index (χ4v) is 1.46. The van der Waals surface area contributed by atoms with Gasteiger partial charge in [0.15, 0.2) is 0 Å². The molecule has 106 valence electrons. The Kier molecular flexibility index (Phi) is 6.45. The normalized spacial score (nSPS) is 11.8. The maximum atomic E-state index is 11.5. The number of furan rings is 1. The maximum absolute atomic E-state index is 11.5. The van der Waals surface area contributed by atoms with Crippen LogP contribution in [0, 0.1) is 0 Å². The van der Waals surface area contributed by atoms with E-state index in [4.69, 9.17) is 14.3 Å². The van der Waals surface area contributed by atoms with Gasteiger partial charge in [0.25, 0.3) is 0 Å². The molecule has 0 spiro atoms. The maximum Gasteiger partial charge on any atom is 0.326 e. The number of amides is 2. The van der Waals surface area contributed by atoms with Crippen LogP contribution < -0.4 is 10.6 Å². The van der Waals surface area contributed by atoms with Gasteiger partial charge >= 0.3 is 12.0 Å². The van der Waals surface area contributed by atoms with Crippen LogP contribution in [0.2, 0.25) is 0 Å². The second-order valence-corrected chi connectivity index (χ2v) is 3.90. The van der Waals surface area contributed by atoms with Crippen molar-refractivity contribution in [2.75, 3.05) is 20.3 Å². The molecule has 0 aliphatic rings. The third-order valence-corrected chi connectivity index (χ3v) is 2.45. The van der Waals surface area contributed by atoms with Crippen molar-refractivity contribution in [3.8, 4) is 0 Å². The van der Waals surface area contributed by atoms with Crippen molar-refractivity contribution < 1.29 is 23.8 Å². The number of nitrogens with one attached hydrogen (secondary N) is 2. The van der Waals surface area contributed by atoms with Gasteiger partial charge in [0.05, 0.1) is 6.26 Å². The molecule has 0 fully saturated rings. The lowest BCUT2D eigenvalue weighted by atomic mass is 10.2. The van der Waals surface area contributed by atoms with E-state index in [9.17, 15) is 9.59 Å². The third-order valence-electron chi connectivity index (χ3n) is 2.45. The molecule has 3 N–H and O–H groups in total. The minimum Gasteiger partial charge on any atom is -0.480 e. The van der Waals surface area contributed by atoms with Crippen molar-refractivity contribution in [1.82, 2.24) is 10.6 Å². The van der Waals surface area contributed by atoms with E-state index < -0.39 is 18.0 Å². The van der Waals surface area contributed by atoms with Gasteiger partial charge in [-0.25, -0.2) is 9.59 Å². The molecule has 0 saturated carbocycles. The molecule has 0 saturated heterocycles. The predicted octanol–water partition coefficient (Wildman–Crippen LogP) is 0.611. The molecule has 1 atom stereocenters. The molecule has 1 heterocycles. The summed E-state index contributed by atoms with van der Waals surface area (Å²) in [6, 6.07) is 2.09. The zero-order valence-corrected chi connectivity index (χ0v) is 10.7. The number of urea groups is 1. The van der Waals surface area contributed by atoms with Gasteiger partial charge in [0.2, 0.25) is 0 Å². The number of hydrogen-bond donors (Lipinski definition) is 3. The van der Waals surface area contributed by atoms with Crippen molar-refractivity contribution in [2.24, 2.45) is 0 Å². The van der Waals surface area contributed by atoms with Crippen LogP contribution in [0.1, 0.15) is 12.2 Å². The number of ether oxygens (including phenoxy) is 1. The Morgan fingerprint density at radius 1 is 1.53 bits per heavy atom. The number of carbonyl (C=O) groups excluding carboxylic acids is 1.